The van der Waals surface area contributed by atoms with Gasteiger partial charge in [-0.3, -0.25) is 4.79 Å². The molecule has 0 bridgehead atoms. The zero-order valence-electron chi connectivity index (χ0n) is 18.6. The van der Waals surface area contributed by atoms with E-state index in [2.05, 4.69) is 0 Å². The fourth-order valence-electron chi connectivity index (χ4n) is 4.35. The molecule has 9 heteroatoms. The number of methoxy groups -OCH3 is 1. The first kappa shape index (κ1) is 24.8. The van der Waals surface area contributed by atoms with Gasteiger partial charge in [-0.2, -0.15) is 0 Å². The van der Waals surface area contributed by atoms with Gasteiger partial charge >= 0.3 is 29.6 Å². The van der Waals surface area contributed by atoms with E-state index in [4.69, 9.17) is 9.47 Å². The Morgan fingerprint density at radius 2 is 1.84 bits per heavy atom. The third-order valence-electron chi connectivity index (χ3n) is 5.93. The van der Waals surface area contributed by atoms with E-state index in [1.165, 1.54) is 4.90 Å². The minimum atomic E-state index is -4.66. The largest absolute Gasteiger partial charge is 1.00 e. The summed E-state index contributed by atoms with van der Waals surface area (Å²) in [5.41, 5.74) is 3.38. The molecule has 0 aliphatic carbocycles. The van der Waals surface area contributed by atoms with Gasteiger partial charge in [0.15, 0.2) is 0 Å². The number of carbonyl (C=O) groups is 1. The molecule has 32 heavy (non-hydrogen) atoms. The maximum absolute atomic E-state index is 13.4. The van der Waals surface area contributed by atoms with E-state index in [1.807, 2.05) is 26.0 Å². The normalized spacial score (nSPS) is 19.9. The van der Waals surface area contributed by atoms with Crippen LogP contribution in [-0.2, 0) is 16.5 Å². The van der Waals surface area contributed by atoms with Crippen LogP contribution in [0.15, 0.2) is 42.6 Å². The predicted octanol–water partition coefficient (Wildman–Crippen LogP) is 0.132. The average molecular weight is 466 g/mol. The molecule has 1 unspecified atom stereocenters. The van der Waals surface area contributed by atoms with Crippen molar-refractivity contribution in [3.63, 3.8) is 0 Å². The Kier molecular flexibility index (Phi) is 7.41. The molecule has 1 amide bonds. The molecular formula is C23H24NNaO6S. The maximum atomic E-state index is 13.4. The molecule has 2 aromatic carbocycles. The standard InChI is InChI=1S/C23H25NO6S.Na/c1-4-30-21-11-16-12-22(31(26,27)28)20-10-17(15-5-7-18(29-3)8-6-15)13-24(20)23(25)19(16)9-14(21)2;/h5-9,11,13,20,22H,4,10,12H2,1-3H3,(H,26,27,28);/q;+1/p-1/t20-,22?;/m0./s1. The van der Waals surface area contributed by atoms with Crippen LogP contribution in [0.5, 0.6) is 11.5 Å². The van der Waals surface area contributed by atoms with Gasteiger partial charge in [0.05, 0.1) is 35.1 Å². The fraction of sp³-hybridized carbons (Fsp3) is 0.348. The molecule has 0 fully saturated rings. The van der Waals surface area contributed by atoms with Crippen molar-refractivity contribution in [2.45, 2.75) is 38.0 Å². The Balaban J connectivity index is 0.00000289. The second-order valence-electron chi connectivity index (χ2n) is 7.81. The van der Waals surface area contributed by atoms with Gasteiger partial charge in [-0.15, -0.1) is 0 Å². The van der Waals surface area contributed by atoms with Crippen LogP contribution in [0.4, 0.5) is 0 Å². The van der Waals surface area contributed by atoms with Crippen LogP contribution in [0.3, 0.4) is 0 Å². The van der Waals surface area contributed by atoms with Gasteiger partial charge in [0.25, 0.3) is 5.91 Å². The first-order valence-corrected chi connectivity index (χ1v) is 11.6. The van der Waals surface area contributed by atoms with Crippen LogP contribution in [0.2, 0.25) is 0 Å². The van der Waals surface area contributed by atoms with Gasteiger partial charge in [0.2, 0.25) is 0 Å². The number of ether oxygens (including phenoxy) is 2. The van der Waals surface area contributed by atoms with Gasteiger partial charge < -0.3 is 18.9 Å². The number of hydrogen-bond donors (Lipinski definition) is 0. The zero-order valence-corrected chi connectivity index (χ0v) is 21.4. The molecule has 2 aromatic rings. The van der Waals surface area contributed by atoms with Crippen molar-refractivity contribution >= 4 is 21.6 Å². The van der Waals surface area contributed by atoms with Crippen LogP contribution in [0.25, 0.3) is 5.57 Å². The monoisotopic (exact) mass is 465 g/mol. The van der Waals surface area contributed by atoms with Crippen molar-refractivity contribution in [3.05, 3.63) is 64.9 Å². The SMILES string of the molecule is CCOc1cc2c(cc1C)C(=O)N1C=C(c3ccc(OC)cc3)C[C@H]1C(S(=O)(=O)[O-])C2.[Na+]. The Bertz CT molecular complexity index is 1160. The van der Waals surface area contributed by atoms with E-state index in [0.717, 1.165) is 16.7 Å². The Morgan fingerprint density at radius 3 is 2.44 bits per heavy atom. The second kappa shape index (κ2) is 9.57. The molecular weight excluding hydrogens is 441 g/mol. The number of aryl methyl sites for hydroxylation is 1. The summed E-state index contributed by atoms with van der Waals surface area (Å²) in [6.45, 7) is 4.13. The third kappa shape index (κ3) is 4.61. The Hall–Kier alpha value is -1.84. The Labute approximate surface area is 210 Å². The number of amides is 1. The molecule has 0 aromatic heterocycles. The van der Waals surface area contributed by atoms with E-state index >= 15 is 0 Å². The summed E-state index contributed by atoms with van der Waals surface area (Å²) < 4.78 is 47.5. The van der Waals surface area contributed by atoms with Crippen molar-refractivity contribution in [2.75, 3.05) is 13.7 Å². The zero-order chi connectivity index (χ0) is 22.3. The molecule has 0 saturated heterocycles. The molecule has 2 heterocycles. The molecule has 7 nitrogen and oxygen atoms in total. The first-order valence-electron chi connectivity index (χ1n) is 10.1. The molecule has 2 aliphatic rings. The summed E-state index contributed by atoms with van der Waals surface area (Å²) in [6.07, 6.45) is 1.93. The molecule has 0 N–H and O–H groups in total. The number of rotatable bonds is 5. The maximum Gasteiger partial charge on any atom is 1.00 e. The second-order valence-corrected chi connectivity index (χ2v) is 9.40. The van der Waals surface area contributed by atoms with Crippen molar-refractivity contribution in [1.82, 2.24) is 4.90 Å². The molecule has 0 spiro atoms. The summed E-state index contributed by atoms with van der Waals surface area (Å²) in [6, 6.07) is 9.98. The minimum absolute atomic E-state index is 0. The van der Waals surface area contributed by atoms with Gasteiger partial charge in [-0.1, -0.05) is 12.1 Å². The topological polar surface area (TPSA) is 96.0 Å². The number of fused-ring (bicyclic) bond motifs is 2. The summed E-state index contributed by atoms with van der Waals surface area (Å²) in [4.78, 5) is 14.8. The van der Waals surface area contributed by atoms with Gasteiger partial charge in [-0.05, 0) is 73.2 Å². The van der Waals surface area contributed by atoms with Crippen LogP contribution in [0.1, 0.15) is 40.4 Å². The molecule has 0 radical (unpaired) electrons. The van der Waals surface area contributed by atoms with Crippen molar-refractivity contribution in [2.24, 2.45) is 0 Å². The van der Waals surface area contributed by atoms with Crippen LogP contribution < -0.4 is 39.0 Å². The minimum Gasteiger partial charge on any atom is -0.748 e. The molecule has 2 atom stereocenters. The van der Waals surface area contributed by atoms with E-state index in [-0.39, 0.29) is 48.3 Å². The van der Waals surface area contributed by atoms with Crippen LogP contribution >= 0.6 is 0 Å². The van der Waals surface area contributed by atoms with Crippen molar-refractivity contribution in [3.8, 4) is 11.5 Å². The number of benzene rings is 2. The summed E-state index contributed by atoms with van der Waals surface area (Å²) in [7, 11) is -3.08. The summed E-state index contributed by atoms with van der Waals surface area (Å²) in [5, 5.41) is -1.25. The third-order valence-corrected chi connectivity index (χ3v) is 7.15. The van der Waals surface area contributed by atoms with Crippen LogP contribution in [0, 0.1) is 6.92 Å². The van der Waals surface area contributed by atoms with Crippen molar-refractivity contribution < 1.29 is 56.8 Å². The van der Waals surface area contributed by atoms with E-state index in [1.54, 1.807) is 37.6 Å². The van der Waals surface area contributed by atoms with E-state index in [9.17, 15) is 17.8 Å². The number of carbonyl (C=O) groups excluding carboxylic acids is 1. The Morgan fingerprint density at radius 1 is 1.16 bits per heavy atom. The molecule has 164 valence electrons. The number of nitrogens with zero attached hydrogens (tertiary/aromatic N) is 1. The predicted molar refractivity (Wildman–Crippen MR) is 115 cm³/mol. The first-order chi connectivity index (χ1) is 14.7. The van der Waals surface area contributed by atoms with Gasteiger partial charge in [0.1, 0.15) is 11.5 Å². The van der Waals surface area contributed by atoms with Crippen molar-refractivity contribution in [1.29, 1.82) is 0 Å². The smallest absolute Gasteiger partial charge is 0.748 e. The number of hydrogen-bond acceptors (Lipinski definition) is 6. The van der Waals surface area contributed by atoms with Gasteiger partial charge in [0, 0.05) is 11.8 Å². The fourth-order valence-corrected chi connectivity index (χ4v) is 5.35. The summed E-state index contributed by atoms with van der Waals surface area (Å²) in [5.74, 6) is 0.982. The molecule has 4 rings (SSSR count). The van der Waals surface area contributed by atoms with Crippen LogP contribution in [-0.4, -0.2) is 48.8 Å². The van der Waals surface area contributed by atoms with E-state index in [0.29, 0.717) is 29.2 Å². The summed E-state index contributed by atoms with van der Waals surface area (Å²) >= 11 is 0. The van der Waals surface area contributed by atoms with Gasteiger partial charge in [-0.25, -0.2) is 8.42 Å². The average Bonchev–Trinajstić information content (AvgIpc) is 3.13. The molecule has 2 aliphatic heterocycles. The molecule has 0 saturated carbocycles. The van der Waals surface area contributed by atoms with E-state index < -0.39 is 21.4 Å². The quantitative estimate of drug-likeness (QED) is 0.460.